The smallest absolute Gasteiger partial charge is 0.126 e. The summed E-state index contributed by atoms with van der Waals surface area (Å²) < 4.78 is 5.95. The summed E-state index contributed by atoms with van der Waals surface area (Å²) in [5.74, 6) is 0.738. The molecule has 1 aliphatic carbocycles. The van der Waals surface area contributed by atoms with Crippen LogP contribution in [0.1, 0.15) is 24.8 Å². The average Bonchev–Trinajstić information content (AvgIpc) is 2.59. The molecule has 3 nitrogen and oxygen atoms in total. The van der Waals surface area contributed by atoms with Crippen LogP contribution >= 0.6 is 23.2 Å². The third-order valence-corrected chi connectivity index (χ3v) is 4.88. The first-order chi connectivity index (χ1) is 11.6. The molecule has 2 aromatic rings. The number of aliphatic hydroxyl groups is 1. The molecule has 0 aliphatic heterocycles. The Morgan fingerprint density at radius 2 is 1.58 bits per heavy atom. The van der Waals surface area contributed by atoms with Crippen molar-refractivity contribution in [3.8, 4) is 5.75 Å². The molecular formula is C19H21Cl2NO2. The Kier molecular flexibility index (Phi) is 6.01. The molecule has 0 aromatic heterocycles. The van der Waals surface area contributed by atoms with Crippen LogP contribution in [0.25, 0.3) is 0 Å². The summed E-state index contributed by atoms with van der Waals surface area (Å²) in [4.78, 5) is 0. The van der Waals surface area contributed by atoms with Gasteiger partial charge in [0.25, 0.3) is 0 Å². The highest BCUT2D eigenvalue weighted by molar-refractivity contribution is 6.30. The van der Waals surface area contributed by atoms with Gasteiger partial charge >= 0.3 is 0 Å². The Morgan fingerprint density at radius 1 is 0.958 bits per heavy atom. The largest absolute Gasteiger partial charge is 0.488 e. The Bertz CT molecular complexity index is 645. The summed E-state index contributed by atoms with van der Waals surface area (Å²) in [6.45, 7) is 0.701. The molecule has 1 saturated carbocycles. The van der Waals surface area contributed by atoms with Gasteiger partial charge in [0.2, 0.25) is 0 Å². The molecule has 0 saturated heterocycles. The van der Waals surface area contributed by atoms with Gasteiger partial charge in [0, 0.05) is 22.6 Å². The van der Waals surface area contributed by atoms with Crippen LogP contribution in [-0.2, 0) is 6.54 Å². The van der Waals surface area contributed by atoms with Crippen molar-refractivity contribution in [2.24, 2.45) is 0 Å². The number of ether oxygens (including phenoxy) is 1. The number of hydrogen-bond donors (Lipinski definition) is 2. The standard InChI is InChI=1S/C19H21Cl2NO2/c20-14-6-4-13(5-7-14)12-22-17-2-1-3-18(19(17)23)24-16-10-8-15(21)9-11-16/h4-11,17-19,22-23H,1-3,12H2/t17-,18+,19+/m0/s1. The van der Waals surface area contributed by atoms with Gasteiger partial charge < -0.3 is 15.2 Å². The molecule has 128 valence electrons. The van der Waals surface area contributed by atoms with Crippen LogP contribution in [0.2, 0.25) is 10.0 Å². The molecule has 0 radical (unpaired) electrons. The molecule has 2 N–H and O–H groups in total. The monoisotopic (exact) mass is 365 g/mol. The van der Waals surface area contributed by atoms with E-state index in [1.54, 1.807) is 12.1 Å². The van der Waals surface area contributed by atoms with E-state index < -0.39 is 6.10 Å². The fourth-order valence-electron chi connectivity index (χ4n) is 3.03. The second-order valence-electron chi connectivity index (χ2n) is 6.15. The van der Waals surface area contributed by atoms with E-state index in [4.69, 9.17) is 27.9 Å². The van der Waals surface area contributed by atoms with E-state index in [-0.39, 0.29) is 12.1 Å². The van der Waals surface area contributed by atoms with Crippen molar-refractivity contribution >= 4 is 23.2 Å². The van der Waals surface area contributed by atoms with Crippen LogP contribution in [-0.4, -0.2) is 23.4 Å². The Morgan fingerprint density at radius 3 is 2.25 bits per heavy atom. The van der Waals surface area contributed by atoms with Crippen molar-refractivity contribution < 1.29 is 9.84 Å². The second-order valence-corrected chi connectivity index (χ2v) is 7.02. The molecule has 3 rings (SSSR count). The molecular weight excluding hydrogens is 345 g/mol. The van der Waals surface area contributed by atoms with Crippen molar-refractivity contribution in [1.29, 1.82) is 0 Å². The van der Waals surface area contributed by atoms with Gasteiger partial charge in [0.15, 0.2) is 0 Å². The lowest BCUT2D eigenvalue weighted by molar-refractivity contribution is -0.0157. The third kappa shape index (κ3) is 4.64. The average molecular weight is 366 g/mol. The van der Waals surface area contributed by atoms with Gasteiger partial charge in [0.05, 0.1) is 0 Å². The molecule has 3 atom stereocenters. The molecule has 24 heavy (non-hydrogen) atoms. The molecule has 5 heteroatoms. The molecule has 0 spiro atoms. The highest BCUT2D eigenvalue weighted by atomic mass is 35.5. The first-order valence-corrected chi connectivity index (χ1v) is 8.95. The second kappa shape index (κ2) is 8.21. The van der Waals surface area contributed by atoms with Crippen LogP contribution in [0.15, 0.2) is 48.5 Å². The zero-order valence-electron chi connectivity index (χ0n) is 13.3. The number of aliphatic hydroxyl groups excluding tert-OH is 1. The Labute approximate surface area is 152 Å². The number of hydrogen-bond acceptors (Lipinski definition) is 3. The van der Waals surface area contributed by atoms with Crippen LogP contribution in [0.3, 0.4) is 0 Å². The van der Waals surface area contributed by atoms with Gasteiger partial charge in [-0.3, -0.25) is 0 Å². The van der Waals surface area contributed by atoms with E-state index in [2.05, 4.69) is 5.32 Å². The van der Waals surface area contributed by atoms with Gasteiger partial charge in [-0.15, -0.1) is 0 Å². The summed E-state index contributed by atoms with van der Waals surface area (Å²) in [5.41, 5.74) is 1.15. The normalized spacial score (nSPS) is 23.9. The minimum Gasteiger partial charge on any atom is -0.488 e. The molecule has 2 aromatic carbocycles. The zero-order chi connectivity index (χ0) is 16.9. The van der Waals surface area contributed by atoms with Crippen LogP contribution in [0, 0.1) is 0 Å². The molecule has 1 aliphatic rings. The van der Waals surface area contributed by atoms with E-state index in [1.807, 2.05) is 36.4 Å². The van der Waals surface area contributed by atoms with Crippen molar-refractivity contribution in [2.75, 3.05) is 0 Å². The summed E-state index contributed by atoms with van der Waals surface area (Å²) in [6.07, 6.45) is 2.07. The fraction of sp³-hybridized carbons (Fsp3) is 0.368. The molecule has 0 amide bonds. The molecule has 0 unspecified atom stereocenters. The van der Waals surface area contributed by atoms with Crippen molar-refractivity contribution in [3.05, 3.63) is 64.1 Å². The Hall–Kier alpha value is -1.26. The first-order valence-electron chi connectivity index (χ1n) is 8.20. The predicted molar refractivity (Wildman–Crippen MR) is 97.8 cm³/mol. The number of nitrogens with one attached hydrogen (secondary N) is 1. The predicted octanol–water partition coefficient (Wildman–Crippen LogP) is 4.44. The zero-order valence-corrected chi connectivity index (χ0v) is 14.8. The van der Waals surface area contributed by atoms with E-state index in [0.29, 0.717) is 11.6 Å². The summed E-state index contributed by atoms with van der Waals surface area (Å²) in [7, 11) is 0. The van der Waals surface area contributed by atoms with Crippen molar-refractivity contribution in [3.63, 3.8) is 0 Å². The van der Waals surface area contributed by atoms with Crippen LogP contribution < -0.4 is 10.1 Å². The van der Waals surface area contributed by atoms with Crippen molar-refractivity contribution in [2.45, 2.75) is 44.1 Å². The summed E-state index contributed by atoms with van der Waals surface area (Å²) >= 11 is 11.8. The van der Waals surface area contributed by atoms with E-state index >= 15 is 0 Å². The minimum absolute atomic E-state index is 0.0201. The quantitative estimate of drug-likeness (QED) is 0.822. The van der Waals surface area contributed by atoms with Gasteiger partial charge in [-0.25, -0.2) is 0 Å². The Balaban J connectivity index is 1.56. The van der Waals surface area contributed by atoms with E-state index in [1.165, 1.54) is 0 Å². The van der Waals surface area contributed by atoms with Gasteiger partial charge in [-0.2, -0.15) is 0 Å². The van der Waals surface area contributed by atoms with Crippen molar-refractivity contribution in [1.82, 2.24) is 5.32 Å². The third-order valence-electron chi connectivity index (χ3n) is 4.38. The summed E-state index contributed by atoms with van der Waals surface area (Å²) in [5, 5.41) is 15.5. The number of benzene rings is 2. The van der Waals surface area contributed by atoms with Crippen LogP contribution in [0.4, 0.5) is 0 Å². The lowest BCUT2D eigenvalue weighted by Gasteiger charge is -2.35. The topological polar surface area (TPSA) is 41.5 Å². The molecule has 1 fully saturated rings. The first kappa shape index (κ1) is 17.6. The molecule has 0 heterocycles. The van der Waals surface area contributed by atoms with Gasteiger partial charge in [0.1, 0.15) is 18.0 Å². The number of halogens is 2. The maximum absolute atomic E-state index is 10.6. The highest BCUT2D eigenvalue weighted by Gasteiger charge is 2.33. The lowest BCUT2D eigenvalue weighted by Crippen LogP contribution is -2.50. The summed E-state index contributed by atoms with van der Waals surface area (Å²) in [6, 6.07) is 15.0. The number of rotatable bonds is 5. The SMILES string of the molecule is O[C@@H]1[C@@H](NCc2ccc(Cl)cc2)CCC[C@H]1Oc1ccc(Cl)cc1. The van der Waals surface area contributed by atoms with E-state index in [9.17, 15) is 5.11 Å². The maximum Gasteiger partial charge on any atom is 0.126 e. The van der Waals surface area contributed by atoms with Crippen LogP contribution in [0.5, 0.6) is 5.75 Å². The highest BCUT2D eigenvalue weighted by Crippen LogP contribution is 2.25. The van der Waals surface area contributed by atoms with E-state index in [0.717, 1.165) is 35.6 Å². The van der Waals surface area contributed by atoms with Gasteiger partial charge in [-0.1, -0.05) is 35.3 Å². The minimum atomic E-state index is -0.540. The molecule has 0 bridgehead atoms. The maximum atomic E-state index is 10.6. The van der Waals surface area contributed by atoms with Gasteiger partial charge in [-0.05, 0) is 61.2 Å². The fourth-order valence-corrected chi connectivity index (χ4v) is 3.28. The lowest BCUT2D eigenvalue weighted by atomic mass is 9.89.